The first kappa shape index (κ1) is 24.7. The molecule has 12 heteroatoms. The van der Waals surface area contributed by atoms with Gasteiger partial charge < -0.3 is 20.4 Å². The molecule has 12 nitrogen and oxygen atoms in total. The zero-order chi connectivity index (χ0) is 24.0. The van der Waals surface area contributed by atoms with Gasteiger partial charge in [-0.2, -0.15) is 0 Å². The lowest BCUT2D eigenvalue weighted by molar-refractivity contribution is -0.385. The predicted octanol–water partition coefficient (Wildman–Crippen LogP) is -0.130. The van der Waals surface area contributed by atoms with Gasteiger partial charge >= 0.3 is 0 Å². The standard InChI is InChI=1S/C20H20N2O10/c23-15(9-11-1-5-13(6-2-11)21(29)30)17(25)19(27)20(28)18(26)16(24)10-12-3-7-14(8-4-12)22(31)32/h1-8,15-18,23-26H,9-10H2/t15?,16?,17-,18+. The van der Waals surface area contributed by atoms with Gasteiger partial charge in [0.25, 0.3) is 11.4 Å². The number of aliphatic hydroxyl groups is 4. The molecule has 0 aliphatic heterocycles. The molecule has 170 valence electrons. The number of hydrogen-bond donors (Lipinski definition) is 4. The first-order valence-electron chi connectivity index (χ1n) is 9.28. The minimum Gasteiger partial charge on any atom is -0.390 e. The van der Waals surface area contributed by atoms with E-state index in [4.69, 9.17) is 0 Å². The number of aliphatic hydroxyl groups excluding tert-OH is 4. The van der Waals surface area contributed by atoms with Crippen molar-refractivity contribution in [2.45, 2.75) is 37.3 Å². The molecule has 0 spiro atoms. The first-order chi connectivity index (χ1) is 15.0. The number of ketones is 2. The molecule has 0 aliphatic rings. The van der Waals surface area contributed by atoms with Crippen molar-refractivity contribution in [2.24, 2.45) is 0 Å². The number of hydrogen-bond acceptors (Lipinski definition) is 10. The van der Waals surface area contributed by atoms with Gasteiger partial charge in [0, 0.05) is 37.1 Å². The molecule has 0 aliphatic carbocycles. The Labute approximate surface area is 180 Å². The number of rotatable bonds is 11. The van der Waals surface area contributed by atoms with Crippen LogP contribution in [-0.4, -0.2) is 66.3 Å². The van der Waals surface area contributed by atoms with Gasteiger partial charge in [-0.05, 0) is 11.1 Å². The third-order valence-corrected chi connectivity index (χ3v) is 4.69. The Kier molecular flexibility index (Phi) is 8.21. The summed E-state index contributed by atoms with van der Waals surface area (Å²) in [4.78, 5) is 44.3. The van der Waals surface area contributed by atoms with Gasteiger partial charge in [-0.25, -0.2) is 0 Å². The Morgan fingerprint density at radius 2 is 0.938 bits per heavy atom. The number of nitro groups is 2. The maximum absolute atomic E-state index is 12.1. The molecule has 0 aromatic heterocycles. The van der Waals surface area contributed by atoms with Crippen molar-refractivity contribution >= 4 is 22.9 Å². The molecule has 4 N–H and O–H groups in total. The molecular formula is C20H20N2O10. The van der Waals surface area contributed by atoms with Crippen LogP contribution in [0.15, 0.2) is 48.5 Å². The third-order valence-electron chi connectivity index (χ3n) is 4.69. The van der Waals surface area contributed by atoms with E-state index in [9.17, 15) is 50.2 Å². The van der Waals surface area contributed by atoms with Crippen LogP contribution < -0.4 is 0 Å². The molecule has 2 unspecified atom stereocenters. The summed E-state index contributed by atoms with van der Waals surface area (Å²) in [5, 5.41) is 61.3. The number of benzene rings is 2. The lowest BCUT2D eigenvalue weighted by atomic mass is 9.94. The second-order valence-electron chi connectivity index (χ2n) is 7.01. The Morgan fingerprint density at radius 3 is 1.19 bits per heavy atom. The van der Waals surface area contributed by atoms with Crippen LogP contribution in [0.25, 0.3) is 0 Å². The van der Waals surface area contributed by atoms with Crippen LogP contribution >= 0.6 is 0 Å². The SMILES string of the molecule is O=C(C(=O)[C@H](O)C(O)Cc1ccc([N+](=O)[O-])cc1)[C@@H](O)C(O)Cc1ccc([N+](=O)[O-])cc1. The van der Waals surface area contributed by atoms with Gasteiger partial charge in [0.15, 0.2) is 0 Å². The van der Waals surface area contributed by atoms with Crippen LogP contribution in [0.1, 0.15) is 11.1 Å². The van der Waals surface area contributed by atoms with E-state index in [0.29, 0.717) is 11.1 Å². The molecule has 2 aromatic rings. The van der Waals surface area contributed by atoms with E-state index in [1.165, 1.54) is 48.5 Å². The second kappa shape index (κ2) is 10.6. The molecule has 0 saturated carbocycles. The summed E-state index contributed by atoms with van der Waals surface area (Å²) in [6.45, 7) is 0. The molecule has 32 heavy (non-hydrogen) atoms. The fraction of sp³-hybridized carbons (Fsp3) is 0.300. The average Bonchev–Trinajstić information content (AvgIpc) is 2.77. The minimum absolute atomic E-state index is 0.194. The predicted molar refractivity (Wildman–Crippen MR) is 108 cm³/mol. The molecular weight excluding hydrogens is 428 g/mol. The van der Waals surface area contributed by atoms with Crippen molar-refractivity contribution < 1.29 is 39.9 Å². The van der Waals surface area contributed by atoms with E-state index < -0.39 is 45.8 Å². The number of nitrogens with zero attached hydrogens (tertiary/aromatic N) is 2. The molecule has 2 rings (SSSR count). The highest BCUT2D eigenvalue weighted by atomic mass is 16.6. The molecule has 0 saturated heterocycles. The number of nitro benzene ring substituents is 2. The lowest BCUT2D eigenvalue weighted by Gasteiger charge is -2.20. The van der Waals surface area contributed by atoms with Gasteiger partial charge in [0.05, 0.1) is 22.1 Å². The molecule has 0 amide bonds. The summed E-state index contributed by atoms with van der Waals surface area (Å²) < 4.78 is 0. The number of Topliss-reactive ketones (excluding diaryl/α,β-unsaturated/α-hetero) is 2. The molecule has 2 aromatic carbocycles. The summed E-state index contributed by atoms with van der Waals surface area (Å²) >= 11 is 0. The highest BCUT2D eigenvalue weighted by Crippen LogP contribution is 2.16. The number of non-ortho nitro benzene ring substituents is 2. The van der Waals surface area contributed by atoms with Crippen LogP contribution in [0.4, 0.5) is 11.4 Å². The topological polar surface area (TPSA) is 201 Å². The van der Waals surface area contributed by atoms with Gasteiger partial charge in [-0.15, -0.1) is 0 Å². The molecule has 4 atom stereocenters. The summed E-state index contributed by atoms with van der Waals surface area (Å²) in [6, 6.07) is 9.90. The van der Waals surface area contributed by atoms with Crippen molar-refractivity contribution in [1.29, 1.82) is 0 Å². The monoisotopic (exact) mass is 448 g/mol. The van der Waals surface area contributed by atoms with Crippen molar-refractivity contribution in [3.63, 3.8) is 0 Å². The lowest BCUT2D eigenvalue weighted by Crippen LogP contribution is -2.47. The highest BCUT2D eigenvalue weighted by Gasteiger charge is 2.36. The normalized spacial score (nSPS) is 14.8. The first-order valence-corrected chi connectivity index (χ1v) is 9.28. The number of carbonyl (C=O) groups is 2. The van der Waals surface area contributed by atoms with E-state index in [-0.39, 0.29) is 24.2 Å². The van der Waals surface area contributed by atoms with Crippen LogP contribution in [0.5, 0.6) is 0 Å². The van der Waals surface area contributed by atoms with Crippen molar-refractivity contribution in [3.05, 3.63) is 79.9 Å². The Morgan fingerprint density at radius 1 is 0.656 bits per heavy atom. The van der Waals surface area contributed by atoms with E-state index >= 15 is 0 Å². The molecule has 0 bridgehead atoms. The largest absolute Gasteiger partial charge is 0.390 e. The maximum atomic E-state index is 12.1. The van der Waals surface area contributed by atoms with Crippen molar-refractivity contribution in [1.82, 2.24) is 0 Å². The Bertz CT molecular complexity index is 909. The smallest absolute Gasteiger partial charge is 0.269 e. The van der Waals surface area contributed by atoms with Gasteiger partial charge in [-0.3, -0.25) is 29.8 Å². The Balaban J connectivity index is 1.96. The quantitative estimate of drug-likeness (QED) is 0.204. The van der Waals surface area contributed by atoms with Gasteiger partial charge in [0.2, 0.25) is 11.6 Å². The van der Waals surface area contributed by atoms with E-state index in [2.05, 4.69) is 0 Å². The van der Waals surface area contributed by atoms with Crippen molar-refractivity contribution in [3.8, 4) is 0 Å². The zero-order valence-corrected chi connectivity index (χ0v) is 16.5. The van der Waals surface area contributed by atoms with Gasteiger partial charge in [-0.1, -0.05) is 24.3 Å². The highest BCUT2D eigenvalue weighted by molar-refractivity contribution is 6.40. The maximum Gasteiger partial charge on any atom is 0.269 e. The van der Waals surface area contributed by atoms with E-state index in [0.717, 1.165) is 0 Å². The van der Waals surface area contributed by atoms with Crippen LogP contribution in [-0.2, 0) is 22.4 Å². The summed E-state index contributed by atoms with van der Waals surface area (Å²) in [5.74, 6) is -3.04. The fourth-order valence-electron chi connectivity index (χ4n) is 2.85. The van der Waals surface area contributed by atoms with Crippen LogP contribution in [0.3, 0.4) is 0 Å². The van der Waals surface area contributed by atoms with Crippen LogP contribution in [0.2, 0.25) is 0 Å². The summed E-state index contributed by atoms with van der Waals surface area (Å²) in [5.41, 5.74) is 0.308. The second-order valence-corrected chi connectivity index (χ2v) is 7.01. The molecule has 0 heterocycles. The molecule has 0 fully saturated rings. The number of carbonyl (C=O) groups excluding carboxylic acids is 2. The third kappa shape index (κ3) is 6.21. The van der Waals surface area contributed by atoms with E-state index in [1.807, 2.05) is 0 Å². The van der Waals surface area contributed by atoms with Gasteiger partial charge in [0.1, 0.15) is 12.2 Å². The average molecular weight is 448 g/mol. The minimum atomic E-state index is -2.20. The van der Waals surface area contributed by atoms with Crippen LogP contribution in [0, 0.1) is 20.2 Å². The Hall–Kier alpha value is -3.58. The van der Waals surface area contributed by atoms with E-state index in [1.54, 1.807) is 0 Å². The summed E-state index contributed by atoms with van der Waals surface area (Å²) in [6.07, 6.45) is -8.49. The van der Waals surface area contributed by atoms with Crippen molar-refractivity contribution in [2.75, 3.05) is 0 Å². The fourth-order valence-corrected chi connectivity index (χ4v) is 2.85. The molecule has 0 radical (unpaired) electrons. The zero-order valence-electron chi connectivity index (χ0n) is 16.5. The summed E-state index contributed by atoms with van der Waals surface area (Å²) in [7, 11) is 0.